The van der Waals surface area contributed by atoms with Crippen LogP contribution in [0.1, 0.15) is 25.0 Å². The van der Waals surface area contributed by atoms with Gasteiger partial charge in [-0.2, -0.15) is 13.2 Å². The number of halogens is 4. The molecule has 0 aromatic heterocycles. The highest BCUT2D eigenvalue weighted by Crippen LogP contribution is 2.40. The van der Waals surface area contributed by atoms with Gasteiger partial charge in [0.25, 0.3) is 5.09 Å². The van der Waals surface area contributed by atoms with Crippen molar-refractivity contribution in [3.63, 3.8) is 0 Å². The number of rotatable bonds is 7. The van der Waals surface area contributed by atoms with Crippen molar-refractivity contribution in [2.75, 3.05) is 6.61 Å². The van der Waals surface area contributed by atoms with Crippen LogP contribution in [-0.4, -0.2) is 48.5 Å². The molecule has 10 nitrogen and oxygen atoms in total. The van der Waals surface area contributed by atoms with Crippen molar-refractivity contribution < 1.29 is 51.6 Å². The molecule has 3 atom stereocenters. The maximum Gasteiger partial charge on any atom is 0.511 e. The summed E-state index contributed by atoms with van der Waals surface area (Å²) in [6.45, 7) is 3.22. The highest BCUT2D eigenvalue weighted by atomic mass is 35.5. The van der Waals surface area contributed by atoms with E-state index in [1.54, 1.807) is 0 Å². The molecule has 1 aliphatic rings. The third-order valence-corrected chi connectivity index (χ3v) is 4.09. The van der Waals surface area contributed by atoms with Crippen molar-refractivity contribution >= 4 is 29.8 Å². The minimum atomic E-state index is -4.95. The first-order chi connectivity index (χ1) is 14.8. The molecule has 0 amide bonds. The highest BCUT2D eigenvalue weighted by molar-refractivity contribution is 6.30. The number of carbonyl (C=O) groups excluding carboxylic acids is 2. The summed E-state index contributed by atoms with van der Waals surface area (Å²) in [5.74, 6) is -1.55. The van der Waals surface area contributed by atoms with Crippen LogP contribution in [0.4, 0.5) is 18.0 Å². The SMILES string of the molecule is Cc1cc(Cl)cc2c1OC(C(F)(F)F)C(C(=O)OC(C)OC(=O)OCC(C)O[N+](=O)[O-])=C2. The van der Waals surface area contributed by atoms with Crippen molar-refractivity contribution in [1.82, 2.24) is 0 Å². The molecule has 1 aromatic rings. The van der Waals surface area contributed by atoms with Gasteiger partial charge >= 0.3 is 18.3 Å². The zero-order valence-electron chi connectivity index (χ0n) is 16.8. The Morgan fingerprint density at radius 1 is 1.28 bits per heavy atom. The second-order valence-corrected chi connectivity index (χ2v) is 7.01. The molecule has 176 valence electrons. The van der Waals surface area contributed by atoms with Gasteiger partial charge in [-0.05, 0) is 37.6 Å². The Morgan fingerprint density at radius 3 is 2.53 bits per heavy atom. The van der Waals surface area contributed by atoms with Gasteiger partial charge in [0, 0.05) is 17.5 Å². The maximum atomic E-state index is 13.5. The normalized spacial score (nSPS) is 17.1. The number of carbonyl (C=O) groups is 2. The molecule has 1 heterocycles. The number of hydrogen-bond donors (Lipinski definition) is 0. The van der Waals surface area contributed by atoms with Crippen molar-refractivity contribution in [2.45, 2.75) is 45.4 Å². The average molecular weight is 484 g/mol. The predicted molar refractivity (Wildman–Crippen MR) is 100 cm³/mol. The lowest BCUT2D eigenvalue weighted by atomic mass is 9.99. The molecule has 0 radical (unpaired) electrons. The van der Waals surface area contributed by atoms with Crippen LogP contribution >= 0.6 is 11.6 Å². The Balaban J connectivity index is 2.09. The fraction of sp³-hybridized carbons (Fsp3) is 0.444. The van der Waals surface area contributed by atoms with Crippen molar-refractivity contribution in [3.8, 4) is 5.75 Å². The Labute approximate surface area is 183 Å². The number of benzene rings is 1. The first-order valence-electron chi connectivity index (χ1n) is 8.88. The molecule has 32 heavy (non-hydrogen) atoms. The van der Waals surface area contributed by atoms with Gasteiger partial charge < -0.3 is 23.8 Å². The van der Waals surface area contributed by atoms with Crippen molar-refractivity contribution in [3.05, 3.63) is 44.0 Å². The predicted octanol–water partition coefficient (Wildman–Crippen LogP) is 3.99. The number of esters is 1. The number of ether oxygens (including phenoxy) is 4. The molecule has 0 spiro atoms. The smallest absolute Gasteiger partial charge is 0.475 e. The van der Waals surface area contributed by atoms with Gasteiger partial charge in [0.15, 0.2) is 0 Å². The quantitative estimate of drug-likeness (QED) is 0.245. The number of fused-ring (bicyclic) bond motifs is 1. The van der Waals surface area contributed by atoms with E-state index < -0.39 is 54.1 Å². The van der Waals surface area contributed by atoms with E-state index in [2.05, 4.69) is 14.3 Å². The molecule has 0 bridgehead atoms. The van der Waals surface area contributed by atoms with Crippen molar-refractivity contribution in [2.24, 2.45) is 0 Å². The van der Waals surface area contributed by atoms with Crippen LogP contribution in [0.5, 0.6) is 5.75 Å². The minimum Gasteiger partial charge on any atom is -0.475 e. The number of hydrogen-bond acceptors (Lipinski definition) is 9. The molecule has 1 aromatic carbocycles. The summed E-state index contributed by atoms with van der Waals surface area (Å²) in [6.07, 6.45) is -10.8. The molecule has 0 N–H and O–H groups in total. The summed E-state index contributed by atoms with van der Waals surface area (Å²) < 4.78 is 59.4. The van der Waals surface area contributed by atoms with E-state index in [0.29, 0.717) is 5.56 Å². The van der Waals surface area contributed by atoms with Gasteiger partial charge in [-0.25, -0.2) is 9.59 Å². The van der Waals surface area contributed by atoms with Crippen LogP contribution in [-0.2, 0) is 23.8 Å². The minimum absolute atomic E-state index is 0.0905. The lowest BCUT2D eigenvalue weighted by molar-refractivity contribution is -0.767. The molecule has 0 saturated heterocycles. The largest absolute Gasteiger partial charge is 0.511 e. The molecule has 14 heteroatoms. The van der Waals surface area contributed by atoms with E-state index in [-0.39, 0.29) is 16.3 Å². The van der Waals surface area contributed by atoms with E-state index in [9.17, 15) is 32.9 Å². The van der Waals surface area contributed by atoms with Gasteiger partial charge in [-0.3, -0.25) is 0 Å². The summed E-state index contributed by atoms with van der Waals surface area (Å²) >= 11 is 5.92. The van der Waals surface area contributed by atoms with Gasteiger partial charge in [0.05, 0.1) is 5.57 Å². The molecular weight excluding hydrogens is 467 g/mol. The van der Waals surface area contributed by atoms with Crippen LogP contribution in [0.15, 0.2) is 17.7 Å². The third-order valence-electron chi connectivity index (χ3n) is 3.87. The van der Waals surface area contributed by atoms with E-state index in [1.807, 2.05) is 0 Å². The summed E-state index contributed by atoms with van der Waals surface area (Å²) in [7, 11) is 0. The maximum absolute atomic E-state index is 13.5. The molecule has 0 saturated carbocycles. The van der Waals surface area contributed by atoms with Crippen LogP contribution in [0.25, 0.3) is 6.08 Å². The number of aryl methyl sites for hydroxylation is 1. The van der Waals surface area contributed by atoms with Gasteiger partial charge in [0.1, 0.15) is 18.5 Å². The average Bonchev–Trinajstić information content (AvgIpc) is 2.63. The van der Waals surface area contributed by atoms with E-state index in [0.717, 1.165) is 13.0 Å². The van der Waals surface area contributed by atoms with Gasteiger partial charge in [0.2, 0.25) is 12.4 Å². The van der Waals surface area contributed by atoms with Crippen molar-refractivity contribution in [1.29, 1.82) is 0 Å². The fourth-order valence-electron chi connectivity index (χ4n) is 2.63. The molecular formula is C18H17ClF3NO9. The van der Waals surface area contributed by atoms with Gasteiger partial charge in [-0.15, -0.1) is 10.1 Å². The highest BCUT2D eigenvalue weighted by Gasteiger charge is 2.49. The Morgan fingerprint density at radius 2 is 1.94 bits per heavy atom. The molecule has 1 aliphatic heterocycles. The number of alkyl halides is 3. The first kappa shape index (κ1) is 25.0. The summed E-state index contributed by atoms with van der Waals surface area (Å²) in [5, 5.41) is 9.29. The van der Waals surface area contributed by atoms with Crippen LogP contribution < -0.4 is 4.74 Å². The fourth-order valence-corrected chi connectivity index (χ4v) is 2.91. The molecule has 0 fully saturated rings. The van der Waals surface area contributed by atoms with Crippen LogP contribution in [0.2, 0.25) is 5.02 Å². The standard InChI is InChI=1S/C18H17ClF3NO9/c1-8-4-12(19)5-11-6-13(15(18(20,21)22)31-14(8)11)16(24)29-10(3)30-17(25)28-7-9(2)32-23(26)27/h4-6,9-10,15H,7H2,1-3H3. The topological polar surface area (TPSA) is 123 Å². The van der Waals surface area contributed by atoms with E-state index in [4.69, 9.17) is 21.1 Å². The van der Waals surface area contributed by atoms with Crippen LogP contribution in [0, 0.1) is 17.0 Å². The monoisotopic (exact) mass is 483 g/mol. The Hall–Kier alpha value is -3.22. The first-order valence-corrected chi connectivity index (χ1v) is 9.26. The summed E-state index contributed by atoms with van der Waals surface area (Å²) in [6, 6.07) is 2.72. The summed E-state index contributed by atoms with van der Waals surface area (Å²) in [4.78, 5) is 38.2. The molecule has 0 aliphatic carbocycles. The van der Waals surface area contributed by atoms with Crippen LogP contribution in [0.3, 0.4) is 0 Å². The summed E-state index contributed by atoms with van der Waals surface area (Å²) in [5.41, 5.74) is -0.418. The molecule has 2 rings (SSSR count). The second-order valence-electron chi connectivity index (χ2n) is 6.57. The number of nitrogens with zero attached hydrogens (tertiary/aromatic N) is 1. The zero-order valence-corrected chi connectivity index (χ0v) is 17.6. The Bertz CT molecular complexity index is 935. The Kier molecular flexibility index (Phi) is 7.78. The third kappa shape index (κ3) is 6.64. The lowest BCUT2D eigenvalue weighted by Gasteiger charge is -2.29. The zero-order chi connectivity index (χ0) is 24.2. The molecule has 3 unspecified atom stereocenters. The van der Waals surface area contributed by atoms with E-state index in [1.165, 1.54) is 26.0 Å². The second kappa shape index (κ2) is 9.94. The van der Waals surface area contributed by atoms with E-state index >= 15 is 0 Å². The van der Waals surface area contributed by atoms with Gasteiger partial charge in [-0.1, -0.05) is 11.6 Å². The lowest BCUT2D eigenvalue weighted by Crippen LogP contribution is -2.41.